The van der Waals surface area contributed by atoms with Crippen molar-refractivity contribution in [3.63, 3.8) is 0 Å². The van der Waals surface area contributed by atoms with Gasteiger partial charge in [-0.25, -0.2) is 13.4 Å². The van der Waals surface area contributed by atoms with Crippen molar-refractivity contribution in [3.05, 3.63) is 71.2 Å². The molecule has 284 valence electrons. The van der Waals surface area contributed by atoms with E-state index in [9.17, 15) is 14.3 Å². The minimum Gasteiger partial charge on any atom is -0.443 e. The molecular formula is C40H40ClF2N8O4+. The van der Waals surface area contributed by atoms with E-state index in [0.717, 1.165) is 31.2 Å². The molecule has 3 aliphatic heterocycles. The lowest BCUT2D eigenvalue weighted by molar-refractivity contribution is -0.405. The zero-order valence-electron chi connectivity index (χ0n) is 30.3. The molecule has 3 saturated heterocycles. The molecule has 15 heteroatoms. The van der Waals surface area contributed by atoms with Gasteiger partial charge < -0.3 is 19.3 Å². The maximum absolute atomic E-state index is 16.8. The second-order valence-corrected chi connectivity index (χ2v) is 15.7. The van der Waals surface area contributed by atoms with Gasteiger partial charge in [-0.2, -0.15) is 9.97 Å². The fourth-order valence-corrected chi connectivity index (χ4v) is 8.94. The van der Waals surface area contributed by atoms with Crippen LogP contribution in [0.15, 0.2) is 53.2 Å². The predicted molar refractivity (Wildman–Crippen MR) is 201 cm³/mol. The van der Waals surface area contributed by atoms with Gasteiger partial charge in [0.1, 0.15) is 35.0 Å². The van der Waals surface area contributed by atoms with Gasteiger partial charge in [-0.1, -0.05) is 47.1 Å². The Labute approximate surface area is 320 Å². The van der Waals surface area contributed by atoms with E-state index in [1.807, 2.05) is 37.5 Å². The van der Waals surface area contributed by atoms with Gasteiger partial charge in [-0.3, -0.25) is 14.7 Å². The van der Waals surface area contributed by atoms with E-state index >= 15 is 4.39 Å². The first-order valence-electron chi connectivity index (χ1n) is 18.8. The third-order valence-corrected chi connectivity index (χ3v) is 12.0. The Kier molecular flexibility index (Phi) is 9.09. The lowest BCUT2D eigenvalue weighted by Crippen LogP contribution is -2.43. The topological polar surface area (TPSA) is 134 Å². The quantitative estimate of drug-likeness (QED) is 0.104. The van der Waals surface area contributed by atoms with Crippen molar-refractivity contribution in [2.45, 2.75) is 62.3 Å². The molecule has 3 atom stereocenters. The molecule has 0 bridgehead atoms. The molecule has 3 aromatic heterocycles. The summed E-state index contributed by atoms with van der Waals surface area (Å²) in [5.74, 6) is -0.109. The molecule has 0 spiro atoms. The van der Waals surface area contributed by atoms with Crippen molar-refractivity contribution in [2.24, 2.45) is 5.92 Å². The number of hydrogen-bond donors (Lipinski definition) is 1. The number of rotatable bonds is 9. The third-order valence-electron chi connectivity index (χ3n) is 11.7. The van der Waals surface area contributed by atoms with Crippen LogP contribution < -0.4 is 4.74 Å². The van der Waals surface area contributed by atoms with Crippen LogP contribution >= 0.6 is 11.6 Å². The summed E-state index contributed by atoms with van der Waals surface area (Å²) in [6.45, 7) is 2.33. The summed E-state index contributed by atoms with van der Waals surface area (Å²) in [6, 6.07) is 11.0. The fraction of sp³-hybridized carbons (Fsp3) is 0.425. The monoisotopic (exact) mass is 769 g/mol. The number of aromatic nitrogens is 5. The van der Waals surface area contributed by atoms with E-state index in [0.29, 0.717) is 72.5 Å². The van der Waals surface area contributed by atoms with Gasteiger partial charge in [0.2, 0.25) is 11.7 Å². The highest BCUT2D eigenvalue weighted by Gasteiger charge is 2.49. The molecule has 0 radical (unpaired) electrons. The highest BCUT2D eigenvalue weighted by atomic mass is 35.5. The first-order chi connectivity index (χ1) is 26.6. The van der Waals surface area contributed by atoms with Crippen molar-refractivity contribution < 1.29 is 32.5 Å². The summed E-state index contributed by atoms with van der Waals surface area (Å²) in [5, 5.41) is 16.8. The molecule has 2 aromatic carbocycles. The molecule has 1 aliphatic carbocycles. The minimum absolute atomic E-state index is 0.0136. The van der Waals surface area contributed by atoms with Crippen molar-refractivity contribution in [1.82, 2.24) is 34.9 Å². The molecule has 1 amide bonds. The van der Waals surface area contributed by atoms with Crippen molar-refractivity contribution in [3.8, 4) is 17.3 Å². The Morgan fingerprint density at radius 2 is 1.96 bits per heavy atom. The summed E-state index contributed by atoms with van der Waals surface area (Å²) in [6.07, 6.45) is 10.3. The van der Waals surface area contributed by atoms with Gasteiger partial charge in [-0.05, 0) is 56.5 Å². The number of aliphatic hydroxyl groups is 1. The number of pyridine rings is 1. The number of carbonyl (C=O) groups is 1. The molecule has 9 rings (SSSR count). The minimum atomic E-state index is -1.05. The maximum atomic E-state index is 16.8. The largest absolute Gasteiger partial charge is 0.443 e. The van der Waals surface area contributed by atoms with E-state index in [4.69, 9.17) is 25.8 Å². The highest BCUT2D eigenvalue weighted by molar-refractivity contribution is 6.36. The number of carbonyl (C=O) groups excluding carboxylic acids is 1. The molecule has 1 saturated carbocycles. The molecule has 6 heterocycles. The van der Waals surface area contributed by atoms with Crippen LogP contribution in [0.2, 0.25) is 5.02 Å². The number of amides is 1. The van der Waals surface area contributed by atoms with Crippen LogP contribution in [-0.4, -0.2) is 108 Å². The summed E-state index contributed by atoms with van der Waals surface area (Å²) in [4.78, 5) is 35.2. The molecule has 5 aromatic rings. The number of hydrogen-bond acceptors (Lipinski definition) is 10. The molecule has 4 aliphatic rings. The van der Waals surface area contributed by atoms with Gasteiger partial charge in [0, 0.05) is 71.3 Å². The van der Waals surface area contributed by atoms with Crippen molar-refractivity contribution in [2.75, 3.05) is 39.8 Å². The predicted octanol–water partition coefficient (Wildman–Crippen LogP) is 6.25. The second-order valence-electron chi connectivity index (χ2n) is 15.3. The summed E-state index contributed by atoms with van der Waals surface area (Å²) >= 11 is 6.63. The number of fused-ring (bicyclic) bond motifs is 3. The standard InChI is InChI=1S/C40H40ClF2N8O4/c1-49(20-24-12-17-50(21-24)31(52)11-10-30-45-37(48-55-30)40(53)14-4-15-40)36-28-19-44-34(27-8-2-6-25-7-3-9-29(41)32(25)27)33(43)35(28)46-38(47-36)54-23-39-13-5-16-51(39)22-26(42)18-39/h2-3,6-11,19-20,24,26,53H,4-5,12-18,21-23H2,1H3/q+1/b11-10+,49-20+/t24?,26-,39+/m1/s1. The number of nitrogens with zero attached hydrogens (tertiary/aromatic N) is 8. The number of alkyl halides is 1. The van der Waals surface area contributed by atoms with Gasteiger partial charge in [-0.15, -0.1) is 0 Å². The zero-order valence-corrected chi connectivity index (χ0v) is 31.1. The molecule has 4 fully saturated rings. The first kappa shape index (κ1) is 35.8. The maximum Gasteiger partial charge on any atom is 0.434 e. The third kappa shape index (κ3) is 6.53. The number of halogens is 3. The van der Waals surface area contributed by atoms with Crippen molar-refractivity contribution in [1.29, 1.82) is 0 Å². The molecule has 55 heavy (non-hydrogen) atoms. The SMILES string of the molecule is C/[N+](=C\C1CCN(C(=O)/C=C/c2nc(C3(O)CCC3)no2)C1)c1nc(OC[C@@]23CCCN2C[C@H](F)C3)nc2c(F)c(-c3cccc4cccc(Cl)c34)ncc12. The van der Waals surface area contributed by atoms with Crippen molar-refractivity contribution >= 4 is 57.3 Å². The smallest absolute Gasteiger partial charge is 0.434 e. The van der Waals surface area contributed by atoms with Crippen LogP contribution in [-0.2, 0) is 10.4 Å². The molecule has 12 nitrogen and oxygen atoms in total. The average Bonchev–Trinajstić information content (AvgIpc) is 3.97. The molecule has 1 unspecified atom stereocenters. The number of ether oxygens (including phenoxy) is 1. The van der Waals surface area contributed by atoms with Crippen LogP contribution in [0, 0.1) is 11.7 Å². The Morgan fingerprint density at radius 3 is 2.78 bits per heavy atom. The fourth-order valence-electron chi connectivity index (χ4n) is 8.65. The summed E-state index contributed by atoms with van der Waals surface area (Å²) in [7, 11) is 1.82. The Balaban J connectivity index is 1.01. The van der Waals surface area contributed by atoms with Crippen LogP contribution in [0.25, 0.3) is 39.0 Å². The molecular weight excluding hydrogens is 730 g/mol. The molecule has 1 N–H and O–H groups in total. The number of benzene rings is 2. The Hall–Kier alpha value is -4.92. The van der Waals surface area contributed by atoms with E-state index < -0.39 is 23.1 Å². The van der Waals surface area contributed by atoms with Gasteiger partial charge >= 0.3 is 11.8 Å². The van der Waals surface area contributed by atoms with E-state index in [1.165, 1.54) is 12.2 Å². The van der Waals surface area contributed by atoms with E-state index in [-0.39, 0.29) is 47.4 Å². The number of likely N-dealkylation sites (tertiary alicyclic amines) is 1. The van der Waals surface area contributed by atoms with E-state index in [2.05, 4.69) is 25.0 Å². The van der Waals surface area contributed by atoms with Crippen LogP contribution in [0.3, 0.4) is 0 Å². The average molecular weight is 770 g/mol. The van der Waals surface area contributed by atoms with E-state index in [1.54, 1.807) is 27.8 Å². The second kappa shape index (κ2) is 14.0. The lowest BCUT2D eigenvalue weighted by atomic mass is 9.80. The van der Waals surface area contributed by atoms with Crippen LogP contribution in [0.4, 0.5) is 14.6 Å². The van der Waals surface area contributed by atoms with Gasteiger partial charge in [0.25, 0.3) is 5.89 Å². The van der Waals surface area contributed by atoms with Crippen LogP contribution in [0.1, 0.15) is 56.7 Å². The van der Waals surface area contributed by atoms with Gasteiger partial charge in [0.05, 0.1) is 18.8 Å². The summed E-state index contributed by atoms with van der Waals surface area (Å²) < 4.78 is 44.7. The Bertz CT molecular complexity index is 2380. The zero-order chi connectivity index (χ0) is 37.9. The Morgan fingerprint density at radius 1 is 1.13 bits per heavy atom. The lowest BCUT2D eigenvalue weighted by Gasteiger charge is -2.32. The first-order valence-corrected chi connectivity index (χ1v) is 19.1. The summed E-state index contributed by atoms with van der Waals surface area (Å²) in [5.41, 5.74) is -0.835. The van der Waals surface area contributed by atoms with Gasteiger partial charge in [0.15, 0.2) is 5.82 Å². The normalized spacial score (nSPS) is 23.9. The van der Waals surface area contributed by atoms with Crippen LogP contribution in [0.5, 0.6) is 6.01 Å². The highest BCUT2D eigenvalue weighted by Crippen LogP contribution is 2.42.